The number of nitrogens with one attached hydrogen (secondary N) is 1. The third-order valence-electron chi connectivity index (χ3n) is 2.39. The van der Waals surface area contributed by atoms with Gasteiger partial charge in [-0.25, -0.2) is 0 Å². The van der Waals surface area contributed by atoms with Crippen LogP contribution in [-0.4, -0.2) is 11.9 Å². The molecule has 1 aromatic carbocycles. The van der Waals surface area contributed by atoms with Crippen LogP contribution in [0, 0.1) is 11.3 Å². The molecule has 0 spiro atoms. The largest absolute Gasteiger partial charge is 0.350 e. The lowest BCUT2D eigenvalue weighted by Gasteiger charge is -1.97. The minimum atomic E-state index is -0.0492. The van der Waals surface area contributed by atoms with Gasteiger partial charge in [-0.05, 0) is 36.6 Å². The summed E-state index contributed by atoms with van der Waals surface area (Å²) < 4.78 is 0. The van der Waals surface area contributed by atoms with E-state index in [1.54, 1.807) is 18.2 Å². The summed E-state index contributed by atoms with van der Waals surface area (Å²) in [7, 11) is 0. The monoisotopic (exact) mass is 212 g/mol. The van der Waals surface area contributed by atoms with E-state index >= 15 is 0 Å². The van der Waals surface area contributed by atoms with E-state index in [1.165, 1.54) is 6.08 Å². The third-order valence-corrected chi connectivity index (χ3v) is 2.39. The average molecular weight is 212 g/mol. The van der Waals surface area contributed by atoms with E-state index in [2.05, 4.69) is 11.4 Å². The molecule has 1 aromatic rings. The molecule has 2 rings (SSSR count). The maximum Gasteiger partial charge on any atom is 0.244 e. The summed E-state index contributed by atoms with van der Waals surface area (Å²) in [5, 5.41) is 11.5. The molecular formula is C13H12N2O. The Balaban J connectivity index is 1.94. The first-order chi connectivity index (χ1) is 7.78. The summed E-state index contributed by atoms with van der Waals surface area (Å²) in [6.07, 6.45) is 5.46. The Morgan fingerprint density at radius 2 is 2.06 bits per heavy atom. The highest BCUT2D eigenvalue weighted by Crippen LogP contribution is 2.18. The van der Waals surface area contributed by atoms with E-state index in [0.29, 0.717) is 11.6 Å². The first kappa shape index (κ1) is 10.4. The summed E-state index contributed by atoms with van der Waals surface area (Å²) in [6, 6.07) is 9.54. The van der Waals surface area contributed by atoms with Crippen LogP contribution >= 0.6 is 0 Å². The molecule has 1 aliphatic rings. The minimum Gasteiger partial charge on any atom is -0.350 e. The summed E-state index contributed by atoms with van der Waals surface area (Å²) in [5.41, 5.74) is 1.55. The Kier molecular flexibility index (Phi) is 3.02. The standard InChI is InChI=1S/C13H12N2O/c14-9-11-3-1-10(2-4-11)5-8-13(16)15-12-6-7-12/h1-5,8,12H,6-7H2,(H,15,16)/b8-5-. The van der Waals surface area contributed by atoms with E-state index in [1.807, 2.05) is 12.1 Å². The maximum atomic E-state index is 11.3. The van der Waals surface area contributed by atoms with Gasteiger partial charge in [-0.3, -0.25) is 4.79 Å². The molecule has 80 valence electrons. The lowest BCUT2D eigenvalue weighted by molar-refractivity contribution is -0.116. The van der Waals surface area contributed by atoms with Crippen LogP contribution in [0.3, 0.4) is 0 Å². The SMILES string of the molecule is N#Cc1ccc(/C=C\C(=O)NC2CC2)cc1. The fourth-order valence-corrected chi connectivity index (χ4v) is 1.32. The Bertz CT molecular complexity index is 450. The normalized spacial score (nSPS) is 14.7. The molecule has 1 N–H and O–H groups in total. The highest BCUT2D eigenvalue weighted by molar-refractivity contribution is 5.92. The van der Waals surface area contributed by atoms with E-state index < -0.39 is 0 Å². The Morgan fingerprint density at radius 3 is 2.62 bits per heavy atom. The van der Waals surface area contributed by atoms with Gasteiger partial charge in [-0.2, -0.15) is 5.26 Å². The molecule has 0 radical (unpaired) electrons. The van der Waals surface area contributed by atoms with Crippen molar-refractivity contribution in [3.63, 3.8) is 0 Å². The summed E-state index contributed by atoms with van der Waals surface area (Å²) in [6.45, 7) is 0. The lowest BCUT2D eigenvalue weighted by atomic mass is 10.1. The Morgan fingerprint density at radius 1 is 1.38 bits per heavy atom. The van der Waals surface area contributed by atoms with Gasteiger partial charge < -0.3 is 5.32 Å². The van der Waals surface area contributed by atoms with Crippen molar-refractivity contribution in [3.8, 4) is 6.07 Å². The van der Waals surface area contributed by atoms with Crippen molar-refractivity contribution in [1.29, 1.82) is 5.26 Å². The van der Waals surface area contributed by atoms with Gasteiger partial charge in [0.1, 0.15) is 0 Å². The number of nitriles is 1. The summed E-state index contributed by atoms with van der Waals surface area (Å²) in [5.74, 6) is -0.0492. The van der Waals surface area contributed by atoms with Gasteiger partial charge in [0.15, 0.2) is 0 Å². The smallest absolute Gasteiger partial charge is 0.244 e. The number of carbonyl (C=O) groups excluding carboxylic acids is 1. The van der Waals surface area contributed by atoms with Crippen molar-refractivity contribution in [1.82, 2.24) is 5.32 Å². The fourth-order valence-electron chi connectivity index (χ4n) is 1.32. The van der Waals surface area contributed by atoms with Gasteiger partial charge in [0.25, 0.3) is 0 Å². The molecule has 1 fully saturated rings. The molecule has 1 amide bonds. The van der Waals surface area contributed by atoms with E-state index in [4.69, 9.17) is 5.26 Å². The Hall–Kier alpha value is -2.08. The van der Waals surface area contributed by atoms with Crippen molar-refractivity contribution < 1.29 is 4.79 Å². The second-order valence-electron chi connectivity index (χ2n) is 3.85. The van der Waals surface area contributed by atoms with Gasteiger partial charge >= 0.3 is 0 Å². The number of hydrogen-bond acceptors (Lipinski definition) is 2. The Labute approximate surface area is 94.4 Å². The zero-order chi connectivity index (χ0) is 11.4. The lowest BCUT2D eigenvalue weighted by Crippen LogP contribution is -2.22. The molecule has 0 atom stereocenters. The average Bonchev–Trinajstić information content (AvgIpc) is 3.11. The van der Waals surface area contributed by atoms with Crippen LogP contribution in [0.25, 0.3) is 6.08 Å². The van der Waals surface area contributed by atoms with Crippen molar-refractivity contribution >= 4 is 12.0 Å². The second kappa shape index (κ2) is 4.63. The fraction of sp³-hybridized carbons (Fsp3) is 0.231. The van der Waals surface area contributed by atoms with Crippen molar-refractivity contribution in [2.45, 2.75) is 18.9 Å². The van der Waals surface area contributed by atoms with Crippen LogP contribution in [0.5, 0.6) is 0 Å². The van der Waals surface area contributed by atoms with Gasteiger partial charge in [0.05, 0.1) is 11.6 Å². The van der Waals surface area contributed by atoms with Crippen LogP contribution < -0.4 is 5.32 Å². The first-order valence-electron chi connectivity index (χ1n) is 5.26. The maximum absolute atomic E-state index is 11.3. The molecule has 0 aliphatic heterocycles. The number of carbonyl (C=O) groups is 1. The van der Waals surface area contributed by atoms with Crippen LogP contribution in [0.15, 0.2) is 30.3 Å². The summed E-state index contributed by atoms with van der Waals surface area (Å²) >= 11 is 0. The zero-order valence-corrected chi connectivity index (χ0v) is 8.81. The van der Waals surface area contributed by atoms with Gasteiger partial charge in [0, 0.05) is 12.1 Å². The molecule has 1 saturated carbocycles. The number of hydrogen-bond donors (Lipinski definition) is 1. The number of nitrogens with zero attached hydrogens (tertiary/aromatic N) is 1. The van der Waals surface area contributed by atoms with E-state index in [9.17, 15) is 4.79 Å². The molecule has 0 saturated heterocycles. The molecule has 0 bridgehead atoms. The van der Waals surface area contributed by atoms with E-state index in [-0.39, 0.29) is 5.91 Å². The summed E-state index contributed by atoms with van der Waals surface area (Å²) in [4.78, 5) is 11.3. The highest BCUT2D eigenvalue weighted by atomic mass is 16.1. The molecule has 0 unspecified atom stereocenters. The zero-order valence-electron chi connectivity index (χ0n) is 8.81. The quantitative estimate of drug-likeness (QED) is 0.777. The second-order valence-corrected chi connectivity index (χ2v) is 3.85. The highest BCUT2D eigenvalue weighted by Gasteiger charge is 2.21. The molecule has 3 heteroatoms. The van der Waals surface area contributed by atoms with Crippen molar-refractivity contribution in [2.75, 3.05) is 0 Å². The predicted molar refractivity (Wildman–Crippen MR) is 61.4 cm³/mol. The van der Waals surface area contributed by atoms with Gasteiger partial charge in [-0.15, -0.1) is 0 Å². The minimum absolute atomic E-state index is 0.0492. The third kappa shape index (κ3) is 2.96. The van der Waals surface area contributed by atoms with E-state index in [0.717, 1.165) is 18.4 Å². The molecule has 1 aliphatic carbocycles. The first-order valence-corrected chi connectivity index (χ1v) is 5.26. The number of amides is 1. The van der Waals surface area contributed by atoms with Crippen LogP contribution in [-0.2, 0) is 4.79 Å². The number of benzene rings is 1. The molecular weight excluding hydrogens is 200 g/mol. The van der Waals surface area contributed by atoms with Crippen molar-refractivity contribution in [2.24, 2.45) is 0 Å². The van der Waals surface area contributed by atoms with Crippen LogP contribution in [0.4, 0.5) is 0 Å². The van der Waals surface area contributed by atoms with Gasteiger partial charge in [0.2, 0.25) is 5.91 Å². The molecule has 0 aromatic heterocycles. The predicted octanol–water partition coefficient (Wildman–Crippen LogP) is 1.85. The van der Waals surface area contributed by atoms with Crippen LogP contribution in [0.2, 0.25) is 0 Å². The number of rotatable bonds is 3. The molecule has 0 heterocycles. The topological polar surface area (TPSA) is 52.9 Å². The van der Waals surface area contributed by atoms with Crippen molar-refractivity contribution in [3.05, 3.63) is 41.5 Å². The van der Waals surface area contributed by atoms with Crippen LogP contribution in [0.1, 0.15) is 24.0 Å². The molecule has 3 nitrogen and oxygen atoms in total. The molecule has 16 heavy (non-hydrogen) atoms. The van der Waals surface area contributed by atoms with Gasteiger partial charge in [-0.1, -0.05) is 12.1 Å².